The van der Waals surface area contributed by atoms with Crippen LogP contribution in [0.3, 0.4) is 0 Å². The van der Waals surface area contributed by atoms with Crippen LogP contribution in [0, 0.1) is 12.8 Å². The SMILES string of the molecule is Cc1nn(-c2ccccc2)cc1CCCNC(=O)C1CCN(C(=O)c2ccc(C(F)(F)F)cc2)CC1. The number of hydrogen-bond acceptors (Lipinski definition) is 3. The Hall–Kier alpha value is -3.62. The van der Waals surface area contributed by atoms with E-state index in [0.29, 0.717) is 32.5 Å². The molecule has 1 aromatic heterocycles. The number of para-hydroxylation sites is 1. The first-order valence-electron chi connectivity index (χ1n) is 12.1. The third kappa shape index (κ3) is 6.13. The van der Waals surface area contributed by atoms with Gasteiger partial charge in [0, 0.05) is 37.3 Å². The summed E-state index contributed by atoms with van der Waals surface area (Å²) in [5.74, 6) is -0.508. The van der Waals surface area contributed by atoms with Crippen molar-refractivity contribution < 1.29 is 22.8 Å². The van der Waals surface area contributed by atoms with Crippen molar-refractivity contribution >= 4 is 11.8 Å². The van der Waals surface area contributed by atoms with Gasteiger partial charge in [-0.25, -0.2) is 4.68 Å². The molecule has 6 nitrogen and oxygen atoms in total. The van der Waals surface area contributed by atoms with E-state index in [1.165, 1.54) is 12.1 Å². The molecule has 2 amide bonds. The fourth-order valence-electron chi connectivity index (χ4n) is 4.42. The summed E-state index contributed by atoms with van der Waals surface area (Å²) >= 11 is 0. The standard InChI is InChI=1S/C27H29F3N4O2/c1-19-22(18-34(32-19)24-7-3-2-4-8-24)6-5-15-31-25(35)20-13-16-33(17-14-20)26(36)21-9-11-23(12-10-21)27(28,29)30/h2-4,7-12,18,20H,5-6,13-17H2,1H3,(H,31,35). The summed E-state index contributed by atoms with van der Waals surface area (Å²) in [5, 5.41) is 7.57. The molecule has 0 atom stereocenters. The van der Waals surface area contributed by atoms with Crippen molar-refractivity contribution in [1.82, 2.24) is 20.0 Å². The summed E-state index contributed by atoms with van der Waals surface area (Å²) in [6.07, 6.45) is 0.242. The molecule has 3 aromatic rings. The summed E-state index contributed by atoms with van der Waals surface area (Å²) in [6, 6.07) is 14.1. The molecule has 1 aliphatic rings. The Labute approximate surface area is 208 Å². The van der Waals surface area contributed by atoms with Crippen LogP contribution in [0.5, 0.6) is 0 Å². The number of hydrogen-bond donors (Lipinski definition) is 1. The number of carbonyl (C=O) groups is 2. The number of piperidine rings is 1. The Balaban J connectivity index is 1.20. The van der Waals surface area contributed by atoms with Gasteiger partial charge in [0.25, 0.3) is 5.91 Å². The zero-order valence-electron chi connectivity index (χ0n) is 20.1. The first kappa shape index (κ1) is 25.5. The van der Waals surface area contributed by atoms with Crippen LogP contribution < -0.4 is 5.32 Å². The van der Waals surface area contributed by atoms with Crippen molar-refractivity contribution in [2.75, 3.05) is 19.6 Å². The molecule has 1 N–H and O–H groups in total. The van der Waals surface area contributed by atoms with E-state index in [0.717, 1.165) is 41.9 Å². The van der Waals surface area contributed by atoms with Crippen LogP contribution in [0.4, 0.5) is 13.2 Å². The maximum atomic E-state index is 12.7. The fraction of sp³-hybridized carbons (Fsp3) is 0.370. The van der Waals surface area contributed by atoms with E-state index in [9.17, 15) is 22.8 Å². The van der Waals surface area contributed by atoms with Crippen LogP contribution in [-0.4, -0.2) is 46.1 Å². The molecule has 2 heterocycles. The number of halogens is 3. The normalized spacial score (nSPS) is 14.6. The van der Waals surface area contributed by atoms with Crippen molar-refractivity contribution in [2.45, 2.75) is 38.8 Å². The molecule has 1 fully saturated rings. The first-order valence-corrected chi connectivity index (χ1v) is 12.1. The van der Waals surface area contributed by atoms with E-state index in [1.54, 1.807) is 4.90 Å². The van der Waals surface area contributed by atoms with Crippen LogP contribution in [0.15, 0.2) is 60.8 Å². The largest absolute Gasteiger partial charge is 0.416 e. The minimum atomic E-state index is -4.43. The monoisotopic (exact) mass is 498 g/mol. The maximum Gasteiger partial charge on any atom is 0.416 e. The van der Waals surface area contributed by atoms with Crippen molar-refractivity contribution in [2.24, 2.45) is 5.92 Å². The molecule has 0 aliphatic carbocycles. The highest BCUT2D eigenvalue weighted by Crippen LogP contribution is 2.29. The van der Waals surface area contributed by atoms with Gasteiger partial charge in [-0.15, -0.1) is 0 Å². The molecular weight excluding hydrogens is 469 g/mol. The van der Waals surface area contributed by atoms with Crippen LogP contribution in [-0.2, 0) is 17.4 Å². The van der Waals surface area contributed by atoms with Crippen LogP contribution in [0.25, 0.3) is 5.69 Å². The number of alkyl halides is 3. The lowest BCUT2D eigenvalue weighted by molar-refractivity contribution is -0.137. The first-order chi connectivity index (χ1) is 17.2. The molecule has 0 radical (unpaired) electrons. The Morgan fingerprint density at radius 1 is 1.03 bits per heavy atom. The zero-order valence-corrected chi connectivity index (χ0v) is 20.1. The molecule has 0 saturated carbocycles. The number of benzene rings is 2. The van der Waals surface area contributed by atoms with Gasteiger partial charge >= 0.3 is 6.18 Å². The lowest BCUT2D eigenvalue weighted by Crippen LogP contribution is -2.43. The number of nitrogens with zero attached hydrogens (tertiary/aromatic N) is 3. The number of rotatable bonds is 7. The molecule has 4 rings (SSSR count). The van der Waals surface area contributed by atoms with Gasteiger partial charge < -0.3 is 10.2 Å². The third-order valence-corrected chi connectivity index (χ3v) is 6.56. The number of aryl methyl sites for hydroxylation is 2. The minimum absolute atomic E-state index is 0.0201. The van der Waals surface area contributed by atoms with E-state index in [2.05, 4.69) is 10.4 Å². The summed E-state index contributed by atoms with van der Waals surface area (Å²) in [7, 11) is 0. The van der Waals surface area contributed by atoms with Gasteiger partial charge in [0.2, 0.25) is 5.91 Å². The van der Waals surface area contributed by atoms with Gasteiger partial charge in [0.1, 0.15) is 0 Å². The van der Waals surface area contributed by atoms with Crippen LogP contribution in [0.2, 0.25) is 0 Å². The predicted octanol–water partition coefficient (Wildman–Crippen LogP) is 4.80. The Bertz CT molecular complexity index is 1180. The van der Waals surface area contributed by atoms with Gasteiger partial charge in [-0.1, -0.05) is 18.2 Å². The second-order valence-corrected chi connectivity index (χ2v) is 9.06. The van der Waals surface area contributed by atoms with E-state index in [1.807, 2.05) is 48.1 Å². The molecule has 9 heteroatoms. The lowest BCUT2D eigenvalue weighted by Gasteiger charge is -2.31. The van der Waals surface area contributed by atoms with Crippen LogP contribution >= 0.6 is 0 Å². The van der Waals surface area contributed by atoms with Gasteiger partial charge in [0.15, 0.2) is 0 Å². The summed E-state index contributed by atoms with van der Waals surface area (Å²) < 4.78 is 40.1. The fourth-order valence-corrected chi connectivity index (χ4v) is 4.42. The minimum Gasteiger partial charge on any atom is -0.356 e. The van der Waals surface area contributed by atoms with E-state index in [4.69, 9.17) is 0 Å². The van der Waals surface area contributed by atoms with Crippen LogP contribution in [0.1, 0.15) is 46.4 Å². The summed E-state index contributed by atoms with van der Waals surface area (Å²) in [4.78, 5) is 26.8. The molecular formula is C27H29F3N4O2. The molecule has 2 aromatic carbocycles. The number of nitrogens with one attached hydrogen (secondary N) is 1. The number of aromatic nitrogens is 2. The van der Waals surface area contributed by atoms with Gasteiger partial charge in [-0.2, -0.15) is 18.3 Å². The molecule has 1 saturated heterocycles. The molecule has 0 spiro atoms. The number of likely N-dealkylation sites (tertiary alicyclic amines) is 1. The Kier molecular flexibility index (Phi) is 7.76. The highest BCUT2D eigenvalue weighted by Gasteiger charge is 2.31. The maximum absolute atomic E-state index is 12.7. The van der Waals surface area contributed by atoms with Crippen molar-refractivity contribution in [3.05, 3.63) is 83.2 Å². The van der Waals surface area contributed by atoms with Gasteiger partial charge in [-0.05, 0) is 74.6 Å². The Morgan fingerprint density at radius 2 is 1.69 bits per heavy atom. The third-order valence-electron chi connectivity index (χ3n) is 6.56. The van der Waals surface area contributed by atoms with E-state index in [-0.39, 0.29) is 23.3 Å². The second-order valence-electron chi connectivity index (χ2n) is 9.06. The van der Waals surface area contributed by atoms with Gasteiger partial charge in [0.05, 0.1) is 16.9 Å². The highest BCUT2D eigenvalue weighted by molar-refractivity contribution is 5.94. The highest BCUT2D eigenvalue weighted by atomic mass is 19.4. The second kappa shape index (κ2) is 11.0. The Morgan fingerprint density at radius 3 is 2.33 bits per heavy atom. The van der Waals surface area contributed by atoms with Crippen molar-refractivity contribution in [3.8, 4) is 5.69 Å². The topological polar surface area (TPSA) is 67.2 Å². The average Bonchev–Trinajstić information content (AvgIpc) is 3.26. The van der Waals surface area contributed by atoms with Gasteiger partial charge in [-0.3, -0.25) is 9.59 Å². The molecule has 1 aliphatic heterocycles. The average molecular weight is 499 g/mol. The quantitative estimate of drug-likeness (QED) is 0.476. The molecule has 190 valence electrons. The predicted molar refractivity (Wildman–Crippen MR) is 130 cm³/mol. The summed E-state index contributed by atoms with van der Waals surface area (Å²) in [6.45, 7) is 3.33. The molecule has 0 bridgehead atoms. The lowest BCUT2D eigenvalue weighted by atomic mass is 9.95. The number of amides is 2. The van der Waals surface area contributed by atoms with E-state index >= 15 is 0 Å². The van der Waals surface area contributed by atoms with Crippen molar-refractivity contribution in [3.63, 3.8) is 0 Å². The molecule has 0 unspecified atom stereocenters. The number of carbonyl (C=O) groups excluding carboxylic acids is 2. The molecule has 36 heavy (non-hydrogen) atoms. The zero-order chi connectivity index (χ0) is 25.7. The summed E-state index contributed by atoms with van der Waals surface area (Å²) in [5.41, 5.74) is 2.55. The van der Waals surface area contributed by atoms with E-state index < -0.39 is 11.7 Å². The van der Waals surface area contributed by atoms with Crippen molar-refractivity contribution in [1.29, 1.82) is 0 Å². The smallest absolute Gasteiger partial charge is 0.356 e.